The molecule has 2 unspecified atom stereocenters. The fraction of sp³-hybridized carbons (Fsp3) is 0.474. The van der Waals surface area contributed by atoms with E-state index < -0.39 is 5.91 Å². The van der Waals surface area contributed by atoms with Gasteiger partial charge in [0, 0.05) is 25.4 Å². The zero-order chi connectivity index (χ0) is 18.9. The van der Waals surface area contributed by atoms with Gasteiger partial charge >= 0.3 is 0 Å². The van der Waals surface area contributed by atoms with Gasteiger partial charge in [-0.15, -0.1) is 0 Å². The van der Waals surface area contributed by atoms with Crippen molar-refractivity contribution >= 4 is 5.91 Å². The number of benzene rings is 1. The molecule has 26 heavy (non-hydrogen) atoms. The maximum absolute atomic E-state index is 12.1. The van der Waals surface area contributed by atoms with Crippen LogP contribution in [0.3, 0.4) is 0 Å². The van der Waals surface area contributed by atoms with Crippen molar-refractivity contribution in [3.05, 3.63) is 35.5 Å². The van der Waals surface area contributed by atoms with Crippen molar-refractivity contribution in [2.75, 3.05) is 27.4 Å². The van der Waals surface area contributed by atoms with Crippen LogP contribution in [-0.2, 0) is 9.53 Å². The molecule has 1 amide bonds. The molecule has 1 fully saturated rings. The van der Waals surface area contributed by atoms with Gasteiger partial charge in [0.15, 0.2) is 11.5 Å². The summed E-state index contributed by atoms with van der Waals surface area (Å²) in [6, 6.07) is 7.37. The molecule has 2 rings (SSSR count). The van der Waals surface area contributed by atoms with Crippen LogP contribution in [0.5, 0.6) is 11.5 Å². The highest BCUT2D eigenvalue weighted by molar-refractivity contribution is 5.97. The molecule has 1 aromatic rings. The van der Waals surface area contributed by atoms with Crippen molar-refractivity contribution in [1.29, 1.82) is 5.26 Å². The quantitative estimate of drug-likeness (QED) is 0.545. The van der Waals surface area contributed by atoms with Gasteiger partial charge in [-0.3, -0.25) is 4.79 Å². The molecule has 0 saturated carbocycles. The summed E-state index contributed by atoms with van der Waals surface area (Å²) in [4.78, 5) is 12.1. The van der Waals surface area contributed by atoms with E-state index in [9.17, 15) is 10.1 Å². The van der Waals surface area contributed by atoms with Crippen LogP contribution < -0.4 is 20.1 Å². The second-order valence-electron chi connectivity index (χ2n) is 6.02. The van der Waals surface area contributed by atoms with E-state index in [4.69, 9.17) is 14.2 Å². The molecule has 0 aromatic heterocycles. The Bertz CT molecular complexity index is 691. The normalized spacial score (nSPS) is 17.9. The minimum atomic E-state index is -0.407. The average Bonchev–Trinajstić information content (AvgIpc) is 3.19. The van der Waals surface area contributed by atoms with E-state index in [2.05, 4.69) is 10.6 Å². The molecule has 0 bridgehead atoms. The SMILES string of the molecule is COc1ccc(C(C)N/C=C(/C#N)C(=O)NCC2CCCO2)cc1OC. The first-order valence-electron chi connectivity index (χ1n) is 8.57. The zero-order valence-corrected chi connectivity index (χ0v) is 15.4. The summed E-state index contributed by atoms with van der Waals surface area (Å²) in [6.45, 7) is 3.08. The zero-order valence-electron chi connectivity index (χ0n) is 15.4. The highest BCUT2D eigenvalue weighted by Gasteiger charge is 2.18. The number of hydrogen-bond donors (Lipinski definition) is 2. The molecule has 0 spiro atoms. The molecule has 1 aliphatic heterocycles. The average molecular weight is 359 g/mol. The lowest BCUT2D eigenvalue weighted by molar-refractivity contribution is -0.117. The lowest BCUT2D eigenvalue weighted by Gasteiger charge is -2.16. The number of nitrogens with one attached hydrogen (secondary N) is 2. The maximum atomic E-state index is 12.1. The Balaban J connectivity index is 1.96. The Morgan fingerprint density at radius 3 is 2.81 bits per heavy atom. The van der Waals surface area contributed by atoms with E-state index in [0.717, 1.165) is 25.0 Å². The summed E-state index contributed by atoms with van der Waals surface area (Å²) < 4.78 is 16.0. The number of methoxy groups -OCH3 is 2. The van der Waals surface area contributed by atoms with Crippen molar-refractivity contribution in [2.45, 2.75) is 31.9 Å². The molecule has 7 nitrogen and oxygen atoms in total. The Labute approximate surface area is 153 Å². The van der Waals surface area contributed by atoms with Crippen LogP contribution in [0.1, 0.15) is 31.4 Å². The first-order chi connectivity index (χ1) is 12.6. The maximum Gasteiger partial charge on any atom is 0.263 e. The number of nitrogens with zero attached hydrogens (tertiary/aromatic N) is 1. The highest BCUT2D eigenvalue weighted by atomic mass is 16.5. The van der Waals surface area contributed by atoms with E-state index in [0.29, 0.717) is 18.0 Å². The minimum absolute atomic E-state index is 0.0234. The summed E-state index contributed by atoms with van der Waals surface area (Å²) in [6.07, 6.45) is 3.41. The van der Waals surface area contributed by atoms with E-state index in [1.165, 1.54) is 6.20 Å². The van der Waals surface area contributed by atoms with Crippen LogP contribution in [0, 0.1) is 11.3 Å². The standard InChI is InChI=1S/C19H25N3O4/c1-13(14-6-7-17(24-2)18(9-14)25-3)21-11-15(10-20)19(23)22-12-16-5-4-8-26-16/h6-7,9,11,13,16,21H,4-5,8,12H2,1-3H3,(H,22,23)/b15-11-. The lowest BCUT2D eigenvalue weighted by atomic mass is 10.1. The van der Waals surface area contributed by atoms with E-state index in [1.54, 1.807) is 14.2 Å². The third-order valence-corrected chi connectivity index (χ3v) is 4.26. The second-order valence-corrected chi connectivity index (χ2v) is 6.02. The van der Waals surface area contributed by atoms with Crippen LogP contribution in [0.4, 0.5) is 0 Å². The predicted octanol–water partition coefficient (Wildman–Crippen LogP) is 2.06. The molecule has 140 valence electrons. The third-order valence-electron chi connectivity index (χ3n) is 4.26. The first kappa shape index (κ1) is 19.6. The third kappa shape index (κ3) is 5.14. The minimum Gasteiger partial charge on any atom is -0.493 e. The van der Waals surface area contributed by atoms with Crippen molar-refractivity contribution in [2.24, 2.45) is 0 Å². The molecule has 1 aliphatic rings. The molecular weight excluding hydrogens is 334 g/mol. The van der Waals surface area contributed by atoms with Crippen LogP contribution in [0.15, 0.2) is 30.0 Å². The lowest BCUT2D eigenvalue weighted by Crippen LogP contribution is -2.33. The van der Waals surface area contributed by atoms with Crippen LogP contribution in [0.25, 0.3) is 0 Å². The molecule has 1 saturated heterocycles. The molecule has 1 heterocycles. The Morgan fingerprint density at radius 1 is 1.42 bits per heavy atom. The van der Waals surface area contributed by atoms with E-state index >= 15 is 0 Å². The number of amides is 1. The van der Waals surface area contributed by atoms with Crippen LogP contribution >= 0.6 is 0 Å². The largest absolute Gasteiger partial charge is 0.493 e. The van der Waals surface area contributed by atoms with E-state index in [-0.39, 0.29) is 17.7 Å². The van der Waals surface area contributed by atoms with Gasteiger partial charge in [0.25, 0.3) is 5.91 Å². The Morgan fingerprint density at radius 2 is 2.19 bits per heavy atom. The Hall–Kier alpha value is -2.72. The van der Waals surface area contributed by atoms with Gasteiger partial charge in [0.1, 0.15) is 11.6 Å². The van der Waals surface area contributed by atoms with Crippen molar-refractivity contribution in [3.63, 3.8) is 0 Å². The first-order valence-corrected chi connectivity index (χ1v) is 8.57. The van der Waals surface area contributed by atoms with Gasteiger partial charge < -0.3 is 24.8 Å². The molecular formula is C19H25N3O4. The highest BCUT2D eigenvalue weighted by Crippen LogP contribution is 2.29. The number of hydrogen-bond acceptors (Lipinski definition) is 6. The predicted molar refractivity (Wildman–Crippen MR) is 96.8 cm³/mol. The smallest absolute Gasteiger partial charge is 0.263 e. The Kier molecular flexibility index (Phi) is 7.30. The van der Waals surface area contributed by atoms with Crippen LogP contribution in [0.2, 0.25) is 0 Å². The molecule has 7 heteroatoms. The number of carbonyl (C=O) groups excluding carboxylic acids is 1. The van der Waals surface area contributed by atoms with Crippen LogP contribution in [-0.4, -0.2) is 39.4 Å². The summed E-state index contributed by atoms with van der Waals surface area (Å²) in [7, 11) is 3.15. The number of nitriles is 1. The fourth-order valence-electron chi connectivity index (χ4n) is 2.68. The van der Waals surface area contributed by atoms with Gasteiger partial charge in [-0.25, -0.2) is 0 Å². The monoisotopic (exact) mass is 359 g/mol. The van der Waals surface area contributed by atoms with Gasteiger partial charge in [-0.05, 0) is 37.5 Å². The molecule has 2 atom stereocenters. The van der Waals surface area contributed by atoms with Crippen molar-refractivity contribution in [3.8, 4) is 17.6 Å². The topological polar surface area (TPSA) is 92.6 Å². The summed E-state index contributed by atoms with van der Waals surface area (Å²) >= 11 is 0. The molecule has 0 aliphatic carbocycles. The van der Waals surface area contributed by atoms with Gasteiger partial charge in [0.2, 0.25) is 0 Å². The van der Waals surface area contributed by atoms with Crippen molar-refractivity contribution < 1.29 is 19.0 Å². The van der Waals surface area contributed by atoms with Gasteiger partial charge in [-0.1, -0.05) is 6.07 Å². The van der Waals surface area contributed by atoms with E-state index in [1.807, 2.05) is 31.2 Å². The molecule has 0 radical (unpaired) electrons. The van der Waals surface area contributed by atoms with Gasteiger partial charge in [-0.2, -0.15) is 5.26 Å². The van der Waals surface area contributed by atoms with Crippen molar-refractivity contribution in [1.82, 2.24) is 10.6 Å². The number of ether oxygens (including phenoxy) is 3. The molecule has 2 N–H and O–H groups in total. The second kappa shape index (κ2) is 9.68. The molecule has 1 aromatic carbocycles. The summed E-state index contributed by atoms with van der Waals surface area (Å²) in [5.41, 5.74) is 0.964. The van der Waals surface area contributed by atoms with Gasteiger partial charge in [0.05, 0.1) is 20.3 Å². The number of rotatable bonds is 8. The fourth-order valence-corrected chi connectivity index (χ4v) is 2.68. The number of carbonyl (C=O) groups is 1. The summed E-state index contributed by atoms with van der Waals surface area (Å²) in [5, 5.41) is 15.1. The summed E-state index contributed by atoms with van der Waals surface area (Å²) in [5.74, 6) is 0.859.